The predicted octanol–water partition coefficient (Wildman–Crippen LogP) is 4.41. The summed E-state index contributed by atoms with van der Waals surface area (Å²) in [6.45, 7) is 0. The molecule has 0 spiro atoms. The third kappa shape index (κ3) is 3.12. The molecule has 0 aliphatic rings. The lowest BCUT2D eigenvalue weighted by atomic mass is 10.3. The van der Waals surface area contributed by atoms with Crippen molar-refractivity contribution in [3.63, 3.8) is 0 Å². The van der Waals surface area contributed by atoms with Crippen molar-refractivity contribution in [2.45, 2.75) is 4.90 Å². The van der Waals surface area contributed by atoms with E-state index in [0.717, 1.165) is 5.56 Å². The Labute approximate surface area is 104 Å². The number of halogens is 1. The zero-order chi connectivity index (χ0) is 11.2. The van der Waals surface area contributed by atoms with Gasteiger partial charge in [-0.2, -0.15) is 0 Å². The maximum absolute atomic E-state index is 6.16. The predicted molar refractivity (Wildman–Crippen MR) is 70.4 cm³/mol. The molecule has 1 heterocycles. The highest BCUT2D eigenvalue weighted by molar-refractivity contribution is 8.02. The molecule has 2 aromatic rings. The van der Waals surface area contributed by atoms with Crippen LogP contribution in [0.4, 0.5) is 0 Å². The third-order valence-electron chi connectivity index (χ3n) is 1.98. The number of pyridine rings is 1. The number of rotatable bonds is 3. The van der Waals surface area contributed by atoms with Gasteiger partial charge in [0.1, 0.15) is 0 Å². The van der Waals surface area contributed by atoms with Crippen LogP contribution in [0.25, 0.3) is 5.03 Å². The number of nitrogens with zero attached hydrogens (tertiary/aromatic N) is 1. The molecule has 0 aliphatic carbocycles. The molecule has 1 aromatic heterocycles. The topological polar surface area (TPSA) is 12.9 Å². The monoisotopic (exact) mass is 247 g/mol. The maximum Gasteiger partial charge on any atom is 0.0560 e. The van der Waals surface area contributed by atoms with Crippen molar-refractivity contribution in [3.05, 3.63) is 65.8 Å². The summed E-state index contributed by atoms with van der Waals surface area (Å²) in [6.07, 6.45) is 3.49. The van der Waals surface area contributed by atoms with E-state index in [0.29, 0.717) is 5.03 Å². The van der Waals surface area contributed by atoms with Gasteiger partial charge in [-0.3, -0.25) is 4.98 Å². The number of thioether (sulfide) groups is 1. The van der Waals surface area contributed by atoms with Crippen molar-refractivity contribution in [2.24, 2.45) is 0 Å². The van der Waals surface area contributed by atoms with E-state index in [1.165, 1.54) is 4.90 Å². The van der Waals surface area contributed by atoms with E-state index < -0.39 is 0 Å². The van der Waals surface area contributed by atoms with Crippen molar-refractivity contribution < 1.29 is 0 Å². The van der Waals surface area contributed by atoms with E-state index in [-0.39, 0.29) is 0 Å². The Kier molecular flexibility index (Phi) is 4.03. The minimum absolute atomic E-state index is 0.710. The average Bonchev–Trinajstić information content (AvgIpc) is 2.38. The van der Waals surface area contributed by atoms with Crippen molar-refractivity contribution in [1.82, 2.24) is 4.98 Å². The van der Waals surface area contributed by atoms with E-state index in [1.807, 2.05) is 35.7 Å². The van der Waals surface area contributed by atoms with Gasteiger partial charge in [0, 0.05) is 22.9 Å². The quantitative estimate of drug-likeness (QED) is 0.745. The summed E-state index contributed by atoms with van der Waals surface area (Å²) >= 11 is 7.76. The number of hydrogen-bond acceptors (Lipinski definition) is 2. The Balaban J connectivity index is 2.09. The van der Waals surface area contributed by atoms with Gasteiger partial charge in [0.2, 0.25) is 0 Å². The molecule has 3 heteroatoms. The van der Waals surface area contributed by atoms with E-state index in [9.17, 15) is 0 Å². The van der Waals surface area contributed by atoms with Crippen LogP contribution in [-0.2, 0) is 0 Å². The highest BCUT2D eigenvalue weighted by Crippen LogP contribution is 2.26. The van der Waals surface area contributed by atoms with Gasteiger partial charge in [0.05, 0.1) is 5.03 Å². The average molecular weight is 248 g/mol. The van der Waals surface area contributed by atoms with Gasteiger partial charge in [-0.25, -0.2) is 0 Å². The standard InChI is InChI=1S/C13H10ClNS/c14-13(11-5-4-8-15-9-11)10-16-12-6-2-1-3-7-12/h1-10H/b13-10+. The van der Waals surface area contributed by atoms with Crippen LogP contribution in [0.3, 0.4) is 0 Å². The molecule has 1 aromatic carbocycles. The lowest BCUT2D eigenvalue weighted by molar-refractivity contribution is 1.32. The smallest absolute Gasteiger partial charge is 0.0560 e. The Morgan fingerprint density at radius 3 is 2.62 bits per heavy atom. The molecule has 1 nitrogen and oxygen atoms in total. The Morgan fingerprint density at radius 2 is 1.94 bits per heavy atom. The summed E-state index contributed by atoms with van der Waals surface area (Å²) in [4.78, 5) is 5.20. The lowest BCUT2D eigenvalue weighted by Crippen LogP contribution is -1.77. The molecule has 0 radical (unpaired) electrons. The largest absolute Gasteiger partial charge is 0.264 e. The number of benzene rings is 1. The summed E-state index contributed by atoms with van der Waals surface area (Å²) < 4.78 is 0. The molecule has 0 N–H and O–H groups in total. The minimum atomic E-state index is 0.710. The van der Waals surface area contributed by atoms with Crippen molar-refractivity contribution >= 4 is 28.4 Å². The van der Waals surface area contributed by atoms with Crippen LogP contribution in [0.5, 0.6) is 0 Å². The maximum atomic E-state index is 6.16. The van der Waals surface area contributed by atoms with Gasteiger partial charge in [0.25, 0.3) is 0 Å². The molecular weight excluding hydrogens is 238 g/mol. The highest BCUT2D eigenvalue weighted by atomic mass is 35.5. The van der Waals surface area contributed by atoms with Gasteiger partial charge < -0.3 is 0 Å². The van der Waals surface area contributed by atoms with E-state index in [1.54, 1.807) is 24.2 Å². The fourth-order valence-corrected chi connectivity index (χ4v) is 2.13. The van der Waals surface area contributed by atoms with Gasteiger partial charge in [-0.1, -0.05) is 47.6 Å². The second-order valence-electron chi connectivity index (χ2n) is 3.14. The van der Waals surface area contributed by atoms with Crippen molar-refractivity contribution in [2.75, 3.05) is 0 Å². The summed E-state index contributed by atoms with van der Waals surface area (Å²) in [5, 5.41) is 2.63. The van der Waals surface area contributed by atoms with Crippen LogP contribution in [0, 0.1) is 0 Å². The Hall–Kier alpha value is -1.25. The zero-order valence-electron chi connectivity index (χ0n) is 8.51. The summed E-state index contributed by atoms with van der Waals surface area (Å²) in [6, 6.07) is 13.9. The van der Waals surface area contributed by atoms with Crippen LogP contribution in [0.15, 0.2) is 65.2 Å². The SMILES string of the molecule is Cl/C(=C/Sc1ccccc1)c1cccnc1. The molecule has 2 rings (SSSR count). The summed E-state index contributed by atoms with van der Waals surface area (Å²) in [7, 11) is 0. The van der Waals surface area contributed by atoms with E-state index >= 15 is 0 Å². The second kappa shape index (κ2) is 5.73. The number of hydrogen-bond donors (Lipinski definition) is 0. The van der Waals surface area contributed by atoms with Crippen LogP contribution in [0.1, 0.15) is 5.56 Å². The fraction of sp³-hybridized carbons (Fsp3) is 0. The molecule has 0 atom stereocenters. The van der Waals surface area contributed by atoms with Gasteiger partial charge >= 0.3 is 0 Å². The minimum Gasteiger partial charge on any atom is -0.264 e. The molecule has 0 saturated carbocycles. The highest BCUT2D eigenvalue weighted by Gasteiger charge is 1.97. The number of aromatic nitrogens is 1. The van der Waals surface area contributed by atoms with Crippen LogP contribution in [-0.4, -0.2) is 4.98 Å². The molecule has 0 fully saturated rings. The van der Waals surface area contributed by atoms with Crippen LogP contribution < -0.4 is 0 Å². The molecule has 0 bridgehead atoms. The van der Waals surface area contributed by atoms with Crippen molar-refractivity contribution in [3.8, 4) is 0 Å². The molecule has 0 saturated heterocycles. The first-order valence-electron chi connectivity index (χ1n) is 4.84. The van der Waals surface area contributed by atoms with E-state index in [4.69, 9.17) is 11.6 Å². The molecule has 80 valence electrons. The molecule has 0 unspecified atom stereocenters. The third-order valence-corrected chi connectivity index (χ3v) is 3.33. The first kappa shape index (κ1) is 11.2. The molecular formula is C13H10ClNS. The fourth-order valence-electron chi connectivity index (χ4n) is 1.19. The van der Waals surface area contributed by atoms with Crippen LogP contribution in [0.2, 0.25) is 0 Å². The lowest BCUT2D eigenvalue weighted by Gasteiger charge is -1.98. The van der Waals surface area contributed by atoms with Crippen molar-refractivity contribution in [1.29, 1.82) is 0 Å². The first-order valence-corrected chi connectivity index (χ1v) is 6.10. The van der Waals surface area contributed by atoms with Gasteiger partial charge in [-0.05, 0) is 23.6 Å². The zero-order valence-corrected chi connectivity index (χ0v) is 10.1. The Morgan fingerprint density at radius 1 is 1.12 bits per heavy atom. The molecule has 16 heavy (non-hydrogen) atoms. The summed E-state index contributed by atoms with van der Waals surface area (Å²) in [5.41, 5.74) is 0.938. The normalized spacial score (nSPS) is 11.4. The van der Waals surface area contributed by atoms with Gasteiger partial charge in [0.15, 0.2) is 0 Å². The Bertz CT molecular complexity index is 468. The van der Waals surface area contributed by atoms with E-state index in [2.05, 4.69) is 17.1 Å². The molecule has 0 amide bonds. The first-order chi connectivity index (χ1) is 7.86. The summed E-state index contributed by atoms with van der Waals surface area (Å²) in [5.74, 6) is 0. The van der Waals surface area contributed by atoms with Crippen LogP contribution >= 0.6 is 23.4 Å². The molecule has 0 aliphatic heterocycles. The second-order valence-corrected chi connectivity index (χ2v) is 4.49. The van der Waals surface area contributed by atoms with Gasteiger partial charge in [-0.15, -0.1) is 0 Å².